The van der Waals surface area contributed by atoms with Crippen molar-refractivity contribution in [2.45, 2.75) is 83.7 Å². The number of hydrogen-bond acceptors (Lipinski definition) is 5. The molecule has 2 aromatic heterocycles. The Balaban J connectivity index is 1.29. The van der Waals surface area contributed by atoms with Gasteiger partial charge in [-0.25, -0.2) is 0 Å². The summed E-state index contributed by atoms with van der Waals surface area (Å²) in [6.45, 7) is 6.91. The monoisotopic (exact) mass is 371 g/mol. The summed E-state index contributed by atoms with van der Waals surface area (Å²) in [5.41, 5.74) is 0. The van der Waals surface area contributed by atoms with Gasteiger partial charge in [0.2, 0.25) is 11.8 Å². The molecule has 2 fully saturated rings. The van der Waals surface area contributed by atoms with Crippen molar-refractivity contribution < 1.29 is 13.7 Å². The Kier molecular flexibility index (Phi) is 5.06. The van der Waals surface area contributed by atoms with Crippen LogP contribution >= 0.6 is 0 Å². The third-order valence-corrected chi connectivity index (χ3v) is 5.57. The van der Waals surface area contributed by atoms with Gasteiger partial charge in [-0.2, -0.15) is 4.98 Å². The lowest BCUT2D eigenvalue weighted by atomic mass is 10.2. The Morgan fingerprint density at radius 3 is 2.74 bits per heavy atom. The number of carbonyl (C=O) groups is 1. The van der Waals surface area contributed by atoms with E-state index < -0.39 is 0 Å². The molecule has 2 aromatic rings. The molecule has 0 spiro atoms. The number of carbonyl (C=O) groups excluding carboxylic acids is 1. The van der Waals surface area contributed by atoms with Crippen LogP contribution in [-0.4, -0.2) is 27.0 Å². The smallest absolute Gasteiger partial charge is 0.226 e. The Hall–Kier alpha value is -2.11. The zero-order chi connectivity index (χ0) is 19.0. The molecule has 2 atom stereocenters. The van der Waals surface area contributed by atoms with Crippen LogP contribution in [0.1, 0.15) is 87.9 Å². The molecule has 0 aromatic carbocycles. The van der Waals surface area contributed by atoms with Crippen molar-refractivity contribution in [3.05, 3.63) is 35.4 Å². The SMILES string of the molecule is CC(C)c1noc(CCCC(=O)N(Cc2ccc(C3CC3C)o2)C2CC2)n1. The highest BCUT2D eigenvalue weighted by molar-refractivity contribution is 5.76. The van der Waals surface area contributed by atoms with E-state index in [1.54, 1.807) is 0 Å². The van der Waals surface area contributed by atoms with Crippen LogP contribution < -0.4 is 0 Å². The van der Waals surface area contributed by atoms with Gasteiger partial charge < -0.3 is 13.8 Å². The van der Waals surface area contributed by atoms with Gasteiger partial charge in [-0.3, -0.25) is 4.79 Å². The molecule has 2 unspecified atom stereocenters. The zero-order valence-corrected chi connectivity index (χ0v) is 16.5. The van der Waals surface area contributed by atoms with Crippen LogP contribution in [0.2, 0.25) is 0 Å². The van der Waals surface area contributed by atoms with E-state index in [9.17, 15) is 4.79 Å². The van der Waals surface area contributed by atoms with Gasteiger partial charge in [-0.05, 0) is 43.7 Å². The Morgan fingerprint density at radius 1 is 1.33 bits per heavy atom. The fourth-order valence-corrected chi connectivity index (χ4v) is 3.51. The van der Waals surface area contributed by atoms with Gasteiger partial charge in [0.05, 0.1) is 6.54 Å². The summed E-state index contributed by atoms with van der Waals surface area (Å²) < 4.78 is 11.3. The van der Waals surface area contributed by atoms with E-state index in [1.165, 1.54) is 6.42 Å². The van der Waals surface area contributed by atoms with Gasteiger partial charge in [-0.1, -0.05) is 25.9 Å². The summed E-state index contributed by atoms with van der Waals surface area (Å²) in [5, 5.41) is 3.98. The average molecular weight is 371 g/mol. The maximum atomic E-state index is 12.8. The fraction of sp³-hybridized carbons (Fsp3) is 0.667. The van der Waals surface area contributed by atoms with Crippen molar-refractivity contribution in [1.82, 2.24) is 15.0 Å². The van der Waals surface area contributed by atoms with Gasteiger partial charge in [0, 0.05) is 30.7 Å². The normalized spacial score (nSPS) is 21.6. The predicted molar refractivity (Wildman–Crippen MR) is 100 cm³/mol. The van der Waals surface area contributed by atoms with E-state index in [-0.39, 0.29) is 11.8 Å². The fourth-order valence-electron chi connectivity index (χ4n) is 3.51. The molecule has 2 heterocycles. The second-order valence-corrected chi connectivity index (χ2v) is 8.43. The van der Waals surface area contributed by atoms with Crippen LogP contribution in [0.3, 0.4) is 0 Å². The van der Waals surface area contributed by atoms with E-state index in [0.717, 1.165) is 42.5 Å². The third-order valence-electron chi connectivity index (χ3n) is 5.57. The second-order valence-electron chi connectivity index (χ2n) is 8.43. The lowest BCUT2D eigenvalue weighted by Gasteiger charge is -2.21. The van der Waals surface area contributed by atoms with Crippen LogP contribution in [-0.2, 0) is 17.8 Å². The van der Waals surface area contributed by atoms with Crippen molar-refractivity contribution in [3.8, 4) is 0 Å². The lowest BCUT2D eigenvalue weighted by molar-refractivity contribution is -0.132. The summed E-state index contributed by atoms with van der Waals surface area (Å²) in [6, 6.07) is 4.50. The van der Waals surface area contributed by atoms with Gasteiger partial charge in [-0.15, -0.1) is 0 Å². The number of aryl methyl sites for hydroxylation is 1. The molecule has 0 radical (unpaired) electrons. The standard InChI is InChI=1S/C21H29N3O3/c1-13(2)21-22-19(27-23-21)5-4-6-20(25)24(15-7-8-15)12-16-9-10-18(26-16)17-11-14(17)3/h9-10,13-15,17H,4-8,11-12H2,1-3H3. The van der Waals surface area contributed by atoms with E-state index in [2.05, 4.69) is 23.1 Å². The molecule has 27 heavy (non-hydrogen) atoms. The molecule has 2 aliphatic rings. The molecule has 0 bridgehead atoms. The zero-order valence-electron chi connectivity index (χ0n) is 16.5. The molecule has 6 nitrogen and oxygen atoms in total. The van der Waals surface area contributed by atoms with Crippen molar-refractivity contribution in [1.29, 1.82) is 0 Å². The summed E-state index contributed by atoms with van der Waals surface area (Å²) in [5.74, 6) is 5.10. The summed E-state index contributed by atoms with van der Waals surface area (Å²) in [6.07, 6.45) is 5.29. The van der Waals surface area contributed by atoms with Crippen LogP contribution in [0.4, 0.5) is 0 Å². The number of furan rings is 1. The highest BCUT2D eigenvalue weighted by atomic mass is 16.5. The van der Waals surface area contributed by atoms with E-state index in [4.69, 9.17) is 8.94 Å². The van der Waals surface area contributed by atoms with Crippen LogP contribution in [0.5, 0.6) is 0 Å². The largest absolute Gasteiger partial charge is 0.464 e. The summed E-state index contributed by atoms with van der Waals surface area (Å²) in [7, 11) is 0. The van der Waals surface area contributed by atoms with E-state index in [0.29, 0.717) is 37.2 Å². The minimum atomic E-state index is 0.193. The highest BCUT2D eigenvalue weighted by Gasteiger charge is 2.37. The molecule has 0 aliphatic heterocycles. The molecule has 2 saturated carbocycles. The van der Waals surface area contributed by atoms with Gasteiger partial charge >= 0.3 is 0 Å². The highest BCUT2D eigenvalue weighted by Crippen LogP contribution is 2.47. The first kappa shape index (κ1) is 18.3. The molecule has 0 saturated heterocycles. The molecule has 2 aliphatic carbocycles. The lowest BCUT2D eigenvalue weighted by Crippen LogP contribution is -2.32. The first-order chi connectivity index (χ1) is 13.0. The quantitative estimate of drug-likeness (QED) is 0.652. The third kappa shape index (κ3) is 4.42. The molecule has 4 rings (SSSR count). The summed E-state index contributed by atoms with van der Waals surface area (Å²) in [4.78, 5) is 19.1. The topological polar surface area (TPSA) is 72.4 Å². The van der Waals surface area contributed by atoms with Gasteiger partial charge in [0.1, 0.15) is 11.5 Å². The van der Waals surface area contributed by atoms with Crippen molar-refractivity contribution in [2.75, 3.05) is 0 Å². The maximum absolute atomic E-state index is 12.8. The molecular formula is C21H29N3O3. The van der Waals surface area contributed by atoms with E-state index >= 15 is 0 Å². The predicted octanol–water partition coefficient (Wildman–Crippen LogP) is 4.42. The molecule has 6 heteroatoms. The maximum Gasteiger partial charge on any atom is 0.226 e. The number of rotatable bonds is 9. The average Bonchev–Trinajstić information content (AvgIpc) is 3.50. The first-order valence-electron chi connectivity index (χ1n) is 10.2. The molecule has 146 valence electrons. The van der Waals surface area contributed by atoms with Crippen molar-refractivity contribution in [2.24, 2.45) is 5.92 Å². The van der Waals surface area contributed by atoms with Crippen LogP contribution in [0.15, 0.2) is 21.1 Å². The van der Waals surface area contributed by atoms with Gasteiger partial charge in [0.25, 0.3) is 0 Å². The van der Waals surface area contributed by atoms with Crippen molar-refractivity contribution >= 4 is 5.91 Å². The molecule has 0 N–H and O–H groups in total. The van der Waals surface area contributed by atoms with E-state index in [1.807, 2.05) is 24.8 Å². The minimum absolute atomic E-state index is 0.193. The van der Waals surface area contributed by atoms with Gasteiger partial charge in [0.15, 0.2) is 5.82 Å². The number of amides is 1. The second kappa shape index (κ2) is 7.49. The minimum Gasteiger partial charge on any atom is -0.464 e. The van der Waals surface area contributed by atoms with Crippen LogP contribution in [0, 0.1) is 5.92 Å². The molecular weight excluding hydrogens is 342 g/mol. The van der Waals surface area contributed by atoms with Crippen LogP contribution in [0.25, 0.3) is 0 Å². The number of nitrogens with zero attached hydrogens (tertiary/aromatic N) is 3. The van der Waals surface area contributed by atoms with Crippen molar-refractivity contribution in [3.63, 3.8) is 0 Å². The number of hydrogen-bond donors (Lipinski definition) is 0. The molecule has 1 amide bonds. The Labute approximate surface area is 160 Å². The summed E-state index contributed by atoms with van der Waals surface area (Å²) >= 11 is 0. The Bertz CT molecular complexity index is 790. The number of aromatic nitrogens is 2. The first-order valence-corrected chi connectivity index (χ1v) is 10.2. The Morgan fingerprint density at radius 2 is 2.11 bits per heavy atom.